The van der Waals surface area contributed by atoms with E-state index < -0.39 is 12.2 Å². The van der Waals surface area contributed by atoms with Crippen LogP contribution in [-0.2, 0) is 20.9 Å². The summed E-state index contributed by atoms with van der Waals surface area (Å²) in [5, 5.41) is 17.1. The minimum Gasteiger partial charge on any atom is -0.351 e. The third-order valence-electron chi connectivity index (χ3n) is 7.68. The lowest BCUT2D eigenvalue weighted by Crippen LogP contribution is -2.64. The van der Waals surface area contributed by atoms with Crippen LogP contribution in [0.4, 0.5) is 4.39 Å². The molecule has 196 valence electrons. The molecule has 5 rings (SSSR count). The van der Waals surface area contributed by atoms with Crippen molar-refractivity contribution < 1.29 is 18.8 Å². The SMILES string of the molecule is C[C@@H](NC(=O)Cn1cnnn1)[C@H]1C(=O)N2C=C(S[C@@H]3CN[C@H](C(=O)N4CCC(N)C(F)C4)C3)[C@H](C)[C@H]12. The molecule has 2 unspecified atom stereocenters. The fraction of sp³-hybridized carbons (Fsp3) is 0.727. The zero-order chi connectivity index (χ0) is 25.6. The summed E-state index contributed by atoms with van der Waals surface area (Å²) in [5.41, 5.74) is 5.74. The Bertz CT molecular complexity index is 1040. The van der Waals surface area contributed by atoms with Gasteiger partial charge in [-0.2, -0.15) is 0 Å². The topological polar surface area (TPSA) is 151 Å². The van der Waals surface area contributed by atoms with E-state index in [1.165, 1.54) is 11.0 Å². The molecule has 4 aliphatic heterocycles. The van der Waals surface area contributed by atoms with Gasteiger partial charge in [0.25, 0.3) is 0 Å². The largest absolute Gasteiger partial charge is 0.351 e. The Morgan fingerprint density at radius 1 is 1.42 bits per heavy atom. The van der Waals surface area contributed by atoms with Crippen LogP contribution in [0, 0.1) is 11.8 Å². The molecule has 0 saturated carbocycles. The van der Waals surface area contributed by atoms with Gasteiger partial charge in [0.2, 0.25) is 17.7 Å². The predicted octanol–water partition coefficient (Wildman–Crippen LogP) is -1.14. The number of β-lactam (4-membered cyclic amide) rings is 1. The molecule has 1 aromatic rings. The maximum absolute atomic E-state index is 14.0. The van der Waals surface area contributed by atoms with Crippen LogP contribution in [-0.4, -0.2) is 103 Å². The van der Waals surface area contributed by atoms with Crippen LogP contribution < -0.4 is 16.4 Å². The van der Waals surface area contributed by atoms with E-state index in [0.717, 1.165) is 4.91 Å². The fourth-order valence-electron chi connectivity index (χ4n) is 5.63. The summed E-state index contributed by atoms with van der Waals surface area (Å²) in [6.45, 7) is 5.16. The van der Waals surface area contributed by atoms with Crippen molar-refractivity contribution in [3.05, 3.63) is 17.4 Å². The van der Waals surface area contributed by atoms with Gasteiger partial charge in [0.05, 0.1) is 24.5 Å². The molecule has 0 spiro atoms. The summed E-state index contributed by atoms with van der Waals surface area (Å²) in [6.07, 6.45) is 3.23. The molecular weight excluding hydrogens is 489 g/mol. The number of piperidine rings is 1. The van der Waals surface area contributed by atoms with E-state index in [9.17, 15) is 18.8 Å². The normalized spacial score (nSPS) is 34.7. The number of aromatic nitrogens is 4. The zero-order valence-corrected chi connectivity index (χ0v) is 21.1. The molecule has 3 saturated heterocycles. The Morgan fingerprint density at radius 3 is 2.94 bits per heavy atom. The second kappa shape index (κ2) is 10.1. The van der Waals surface area contributed by atoms with Gasteiger partial charge in [-0.25, -0.2) is 9.07 Å². The van der Waals surface area contributed by atoms with Gasteiger partial charge < -0.3 is 26.2 Å². The molecule has 0 aromatic carbocycles. The molecule has 3 fully saturated rings. The van der Waals surface area contributed by atoms with Gasteiger partial charge in [-0.15, -0.1) is 16.9 Å². The van der Waals surface area contributed by atoms with E-state index in [2.05, 4.69) is 33.1 Å². The van der Waals surface area contributed by atoms with Gasteiger partial charge >= 0.3 is 0 Å². The number of hydrogen-bond acceptors (Lipinski definition) is 9. The van der Waals surface area contributed by atoms with E-state index >= 15 is 0 Å². The monoisotopic (exact) mass is 521 g/mol. The van der Waals surface area contributed by atoms with E-state index in [0.29, 0.717) is 25.9 Å². The lowest BCUT2D eigenvalue weighted by atomic mass is 9.78. The summed E-state index contributed by atoms with van der Waals surface area (Å²) in [7, 11) is 0. The number of rotatable bonds is 7. The number of carbonyl (C=O) groups is 3. The molecule has 3 amide bonds. The standard InChI is InChI=1S/C22H32FN9O3S/c1-11-17(36-13-5-16(25-6-13)21(34)30-4-3-15(24)14(23)7-30)8-32-20(11)19(22(32)35)12(2)27-18(33)9-31-10-26-28-29-31/h8,10-16,19-20,25H,3-7,9,24H2,1-2H3,(H,27,33)/t11-,12+,13-,14?,15?,16-,19+,20+/m0/s1. The number of thioether (sulfide) groups is 1. The van der Waals surface area contributed by atoms with E-state index in [1.807, 2.05) is 13.1 Å². The van der Waals surface area contributed by atoms with Crippen molar-refractivity contribution in [3.8, 4) is 0 Å². The molecule has 4 aliphatic rings. The summed E-state index contributed by atoms with van der Waals surface area (Å²) in [4.78, 5) is 42.6. The molecule has 0 aliphatic carbocycles. The smallest absolute Gasteiger partial charge is 0.242 e. The highest BCUT2D eigenvalue weighted by atomic mass is 32.2. The van der Waals surface area contributed by atoms with Crippen LogP contribution in [0.15, 0.2) is 17.4 Å². The number of hydrogen-bond donors (Lipinski definition) is 3. The van der Waals surface area contributed by atoms with Crippen LogP contribution >= 0.6 is 11.8 Å². The summed E-state index contributed by atoms with van der Waals surface area (Å²) < 4.78 is 15.3. The average molecular weight is 522 g/mol. The van der Waals surface area contributed by atoms with E-state index in [1.54, 1.807) is 21.6 Å². The van der Waals surface area contributed by atoms with Crippen LogP contribution in [0.5, 0.6) is 0 Å². The molecule has 0 bridgehead atoms. The molecular formula is C22H32FN9O3S. The molecule has 14 heteroatoms. The second-order valence-corrected chi connectivity index (χ2v) is 11.5. The Labute approximate surface area is 212 Å². The summed E-state index contributed by atoms with van der Waals surface area (Å²) in [5.74, 6) is -0.493. The minimum atomic E-state index is -1.18. The number of amides is 3. The van der Waals surface area contributed by atoms with Crippen LogP contribution in [0.1, 0.15) is 26.7 Å². The molecule has 1 aromatic heterocycles. The number of carbonyl (C=O) groups excluding carboxylic acids is 3. The highest BCUT2D eigenvalue weighted by Gasteiger charge is 2.56. The fourth-order valence-corrected chi connectivity index (χ4v) is 7.02. The van der Waals surface area contributed by atoms with Gasteiger partial charge in [-0.1, -0.05) is 6.92 Å². The first-order valence-corrected chi connectivity index (χ1v) is 13.2. The van der Waals surface area contributed by atoms with Gasteiger partial charge in [-0.05, 0) is 30.2 Å². The van der Waals surface area contributed by atoms with Crippen LogP contribution in [0.25, 0.3) is 0 Å². The summed E-state index contributed by atoms with van der Waals surface area (Å²) >= 11 is 1.70. The van der Waals surface area contributed by atoms with Gasteiger partial charge in [0, 0.05) is 47.4 Å². The third kappa shape index (κ3) is 4.73. The Morgan fingerprint density at radius 2 is 2.22 bits per heavy atom. The lowest BCUT2D eigenvalue weighted by molar-refractivity contribution is -0.153. The van der Waals surface area contributed by atoms with Crippen molar-refractivity contribution in [2.24, 2.45) is 17.6 Å². The van der Waals surface area contributed by atoms with Crippen molar-refractivity contribution >= 4 is 29.5 Å². The molecule has 0 radical (unpaired) electrons. The van der Waals surface area contributed by atoms with Crippen molar-refractivity contribution in [2.75, 3.05) is 19.6 Å². The number of tetrazole rings is 1. The minimum absolute atomic E-state index is 0.000596. The highest BCUT2D eigenvalue weighted by Crippen LogP contribution is 2.48. The van der Waals surface area contributed by atoms with Crippen molar-refractivity contribution in [3.63, 3.8) is 0 Å². The quantitative estimate of drug-likeness (QED) is 0.378. The van der Waals surface area contributed by atoms with Crippen LogP contribution in [0.2, 0.25) is 0 Å². The molecule has 12 nitrogen and oxygen atoms in total. The number of halogens is 1. The molecule has 4 N–H and O–H groups in total. The van der Waals surface area contributed by atoms with Crippen molar-refractivity contribution in [1.29, 1.82) is 0 Å². The van der Waals surface area contributed by atoms with E-state index in [-0.39, 0.29) is 66.0 Å². The third-order valence-corrected chi connectivity index (χ3v) is 9.12. The molecule has 5 heterocycles. The maximum Gasteiger partial charge on any atom is 0.242 e. The second-order valence-electron chi connectivity index (χ2n) is 10.1. The number of fused-ring (bicyclic) bond motifs is 1. The van der Waals surface area contributed by atoms with E-state index in [4.69, 9.17) is 5.73 Å². The first-order valence-electron chi connectivity index (χ1n) is 12.4. The first-order chi connectivity index (χ1) is 17.2. The average Bonchev–Trinajstić information content (AvgIpc) is 3.57. The number of nitrogens with two attached hydrogens (primary N) is 1. The van der Waals surface area contributed by atoms with Crippen molar-refractivity contribution in [1.82, 2.24) is 40.6 Å². The highest BCUT2D eigenvalue weighted by molar-refractivity contribution is 8.03. The Kier molecular flexibility index (Phi) is 7.01. The number of likely N-dealkylation sites (tertiary alicyclic amines) is 1. The first kappa shape index (κ1) is 25.1. The lowest BCUT2D eigenvalue weighted by Gasteiger charge is -2.46. The molecule has 36 heavy (non-hydrogen) atoms. The predicted molar refractivity (Wildman–Crippen MR) is 129 cm³/mol. The summed E-state index contributed by atoms with van der Waals surface area (Å²) in [6, 6.07) is -1.16. The van der Waals surface area contributed by atoms with Gasteiger partial charge in [-0.3, -0.25) is 14.4 Å². The van der Waals surface area contributed by atoms with Crippen molar-refractivity contribution in [2.45, 2.75) is 68.8 Å². The van der Waals surface area contributed by atoms with Gasteiger partial charge in [0.1, 0.15) is 19.0 Å². The van der Waals surface area contributed by atoms with Crippen LogP contribution in [0.3, 0.4) is 0 Å². The Hall–Kier alpha value is -2.58. The Balaban J connectivity index is 1.12. The number of nitrogens with one attached hydrogen (secondary N) is 2. The number of alkyl halides is 1. The maximum atomic E-state index is 14.0. The number of nitrogens with zero attached hydrogens (tertiary/aromatic N) is 6. The van der Waals surface area contributed by atoms with Gasteiger partial charge in [0.15, 0.2) is 0 Å². The zero-order valence-electron chi connectivity index (χ0n) is 20.3. The molecule has 8 atom stereocenters.